The van der Waals surface area contributed by atoms with Crippen LogP contribution in [-0.4, -0.2) is 51.2 Å². The van der Waals surface area contributed by atoms with E-state index in [1.807, 2.05) is 42.5 Å². The Hall–Kier alpha value is -2.87. The molecule has 1 aliphatic heterocycles. The van der Waals surface area contributed by atoms with Crippen LogP contribution < -0.4 is 5.32 Å². The highest BCUT2D eigenvalue weighted by atomic mass is 32.2. The standard InChI is InChI=1S/C22H24N2O5S/c25-19(23-17-10-9-15-6-3-4-7-16(15)12-17)14-30-18-13-20(26)24(22(18)29)11-5-1-2-8-21(27)28/h3-4,6-7,9-10,12,18H,1-2,5,8,11,13-14H2,(H,23,25)(H,27,28). The molecule has 1 unspecified atom stereocenters. The zero-order valence-electron chi connectivity index (χ0n) is 16.5. The van der Waals surface area contributed by atoms with Crippen LogP contribution in [0.1, 0.15) is 32.1 Å². The van der Waals surface area contributed by atoms with Gasteiger partial charge in [0.15, 0.2) is 0 Å². The maximum absolute atomic E-state index is 12.5. The van der Waals surface area contributed by atoms with Crippen LogP contribution in [0.15, 0.2) is 42.5 Å². The van der Waals surface area contributed by atoms with Crippen molar-refractivity contribution in [1.29, 1.82) is 0 Å². The first-order chi connectivity index (χ1) is 14.4. The molecule has 2 aromatic rings. The summed E-state index contributed by atoms with van der Waals surface area (Å²) in [6, 6.07) is 13.5. The van der Waals surface area contributed by atoms with Crippen LogP contribution in [-0.2, 0) is 19.2 Å². The van der Waals surface area contributed by atoms with Crippen molar-refractivity contribution in [3.8, 4) is 0 Å². The number of carbonyl (C=O) groups is 4. The van der Waals surface area contributed by atoms with E-state index in [0.717, 1.165) is 10.8 Å². The number of amides is 3. The van der Waals surface area contributed by atoms with E-state index >= 15 is 0 Å². The molecule has 0 aliphatic carbocycles. The first-order valence-electron chi connectivity index (χ1n) is 9.90. The lowest BCUT2D eigenvalue weighted by atomic mass is 10.1. The molecule has 1 heterocycles. The summed E-state index contributed by atoms with van der Waals surface area (Å²) in [5.74, 6) is -1.47. The van der Waals surface area contributed by atoms with Gasteiger partial charge < -0.3 is 10.4 Å². The molecule has 3 rings (SSSR count). The summed E-state index contributed by atoms with van der Waals surface area (Å²) < 4.78 is 0. The molecule has 3 amide bonds. The van der Waals surface area contributed by atoms with Crippen molar-refractivity contribution >= 4 is 51.9 Å². The molecule has 0 spiro atoms. The van der Waals surface area contributed by atoms with Crippen LogP contribution in [0.2, 0.25) is 0 Å². The highest BCUT2D eigenvalue weighted by Gasteiger charge is 2.38. The lowest BCUT2D eigenvalue weighted by Gasteiger charge is -2.14. The number of nitrogens with zero attached hydrogens (tertiary/aromatic N) is 1. The summed E-state index contributed by atoms with van der Waals surface area (Å²) in [5.41, 5.74) is 0.691. The topological polar surface area (TPSA) is 104 Å². The molecule has 30 heavy (non-hydrogen) atoms. The van der Waals surface area contributed by atoms with E-state index in [4.69, 9.17) is 5.11 Å². The fraction of sp³-hybridized carbons (Fsp3) is 0.364. The molecule has 7 nitrogen and oxygen atoms in total. The molecule has 1 aliphatic rings. The Morgan fingerprint density at radius 2 is 1.83 bits per heavy atom. The molecule has 1 fully saturated rings. The van der Waals surface area contributed by atoms with Crippen LogP contribution in [0.25, 0.3) is 10.8 Å². The first kappa shape index (κ1) is 21.8. The van der Waals surface area contributed by atoms with Crippen LogP contribution in [0.3, 0.4) is 0 Å². The number of nitrogens with one attached hydrogen (secondary N) is 1. The molecular formula is C22H24N2O5S. The maximum atomic E-state index is 12.5. The van der Waals surface area contributed by atoms with E-state index in [0.29, 0.717) is 31.5 Å². The van der Waals surface area contributed by atoms with Crippen LogP contribution in [0.5, 0.6) is 0 Å². The van der Waals surface area contributed by atoms with E-state index in [9.17, 15) is 19.2 Å². The molecule has 0 saturated carbocycles. The summed E-state index contributed by atoms with van der Waals surface area (Å²) in [6.45, 7) is 0.303. The number of benzene rings is 2. The number of fused-ring (bicyclic) bond motifs is 1. The number of anilines is 1. The maximum Gasteiger partial charge on any atom is 0.303 e. The number of imide groups is 1. The van der Waals surface area contributed by atoms with Gasteiger partial charge in [0.1, 0.15) is 0 Å². The Kier molecular flexibility index (Phi) is 7.46. The molecule has 2 N–H and O–H groups in total. The third-order valence-electron chi connectivity index (χ3n) is 4.92. The predicted molar refractivity (Wildman–Crippen MR) is 116 cm³/mol. The Labute approximate surface area is 178 Å². The summed E-state index contributed by atoms with van der Waals surface area (Å²) in [5, 5.41) is 13.0. The number of carbonyl (C=O) groups excluding carboxylic acids is 3. The quantitative estimate of drug-likeness (QED) is 0.445. The van der Waals surface area contributed by atoms with Gasteiger partial charge in [-0.3, -0.25) is 24.1 Å². The molecule has 158 valence electrons. The number of thioether (sulfide) groups is 1. The van der Waals surface area contributed by atoms with Crippen molar-refractivity contribution in [3.05, 3.63) is 42.5 Å². The third kappa shape index (κ3) is 5.82. The number of hydrogen-bond acceptors (Lipinski definition) is 5. The molecular weight excluding hydrogens is 404 g/mol. The average molecular weight is 429 g/mol. The number of carboxylic acid groups (broad SMARTS) is 1. The minimum absolute atomic E-state index is 0.0863. The van der Waals surface area contributed by atoms with Crippen LogP contribution in [0.4, 0.5) is 5.69 Å². The summed E-state index contributed by atoms with van der Waals surface area (Å²) in [7, 11) is 0. The van der Waals surface area contributed by atoms with E-state index in [2.05, 4.69) is 5.32 Å². The minimum Gasteiger partial charge on any atom is -0.481 e. The molecule has 0 aromatic heterocycles. The Balaban J connectivity index is 1.44. The number of unbranched alkanes of at least 4 members (excludes halogenated alkanes) is 2. The molecule has 0 bridgehead atoms. The van der Waals surface area contributed by atoms with Crippen molar-refractivity contribution < 1.29 is 24.3 Å². The van der Waals surface area contributed by atoms with Gasteiger partial charge in [-0.15, -0.1) is 11.8 Å². The number of carboxylic acids is 1. The Bertz CT molecular complexity index is 961. The van der Waals surface area contributed by atoms with Gasteiger partial charge in [0, 0.05) is 25.1 Å². The van der Waals surface area contributed by atoms with Crippen molar-refractivity contribution in [2.75, 3.05) is 17.6 Å². The number of rotatable bonds is 10. The van der Waals surface area contributed by atoms with Crippen molar-refractivity contribution in [1.82, 2.24) is 4.90 Å². The second kappa shape index (κ2) is 10.2. The van der Waals surface area contributed by atoms with Crippen LogP contribution in [0, 0.1) is 0 Å². The molecule has 0 radical (unpaired) electrons. The van der Waals surface area contributed by atoms with E-state index < -0.39 is 11.2 Å². The van der Waals surface area contributed by atoms with Gasteiger partial charge in [-0.25, -0.2) is 0 Å². The zero-order chi connectivity index (χ0) is 21.5. The van der Waals surface area contributed by atoms with Gasteiger partial charge in [0.2, 0.25) is 17.7 Å². The summed E-state index contributed by atoms with van der Waals surface area (Å²) in [4.78, 5) is 48.6. The van der Waals surface area contributed by atoms with E-state index in [1.54, 1.807) is 0 Å². The van der Waals surface area contributed by atoms with Crippen molar-refractivity contribution in [2.24, 2.45) is 0 Å². The van der Waals surface area contributed by atoms with Crippen molar-refractivity contribution in [3.63, 3.8) is 0 Å². The second-order valence-electron chi connectivity index (χ2n) is 7.20. The van der Waals surface area contributed by atoms with Gasteiger partial charge in [0.25, 0.3) is 0 Å². The van der Waals surface area contributed by atoms with Gasteiger partial charge in [0.05, 0.1) is 11.0 Å². The second-order valence-corrected chi connectivity index (χ2v) is 8.39. The Morgan fingerprint density at radius 3 is 2.60 bits per heavy atom. The zero-order valence-corrected chi connectivity index (χ0v) is 17.3. The highest BCUT2D eigenvalue weighted by molar-refractivity contribution is 8.01. The lowest BCUT2D eigenvalue weighted by Crippen LogP contribution is -2.32. The Morgan fingerprint density at radius 1 is 1.07 bits per heavy atom. The van der Waals surface area contributed by atoms with Gasteiger partial charge in [-0.1, -0.05) is 36.8 Å². The average Bonchev–Trinajstić information content (AvgIpc) is 2.99. The van der Waals surface area contributed by atoms with Gasteiger partial charge in [-0.2, -0.15) is 0 Å². The monoisotopic (exact) mass is 428 g/mol. The van der Waals surface area contributed by atoms with Gasteiger partial charge in [-0.05, 0) is 35.7 Å². The number of aliphatic carboxylic acids is 1. The fourth-order valence-electron chi connectivity index (χ4n) is 3.38. The fourth-order valence-corrected chi connectivity index (χ4v) is 4.34. The normalized spacial score (nSPS) is 16.3. The summed E-state index contributed by atoms with van der Waals surface area (Å²) in [6.07, 6.45) is 1.95. The predicted octanol–water partition coefficient (Wildman–Crippen LogP) is 3.28. The largest absolute Gasteiger partial charge is 0.481 e. The minimum atomic E-state index is -0.846. The first-order valence-corrected chi connectivity index (χ1v) is 10.9. The third-order valence-corrected chi connectivity index (χ3v) is 6.12. The van der Waals surface area contributed by atoms with Crippen molar-refractivity contribution in [2.45, 2.75) is 37.4 Å². The lowest BCUT2D eigenvalue weighted by molar-refractivity contribution is -0.139. The molecule has 1 saturated heterocycles. The van der Waals surface area contributed by atoms with E-state index in [1.165, 1.54) is 16.7 Å². The van der Waals surface area contributed by atoms with Gasteiger partial charge >= 0.3 is 5.97 Å². The molecule has 8 heteroatoms. The summed E-state index contributed by atoms with van der Waals surface area (Å²) >= 11 is 1.18. The van der Waals surface area contributed by atoms with Crippen LogP contribution >= 0.6 is 11.8 Å². The van der Waals surface area contributed by atoms with E-state index in [-0.39, 0.29) is 36.3 Å². The molecule has 1 atom stereocenters. The SMILES string of the molecule is O=C(O)CCCCCN1C(=O)CC(SCC(=O)Nc2ccc3ccccc3c2)C1=O. The number of likely N-dealkylation sites (tertiary alicyclic amines) is 1. The smallest absolute Gasteiger partial charge is 0.303 e. The highest BCUT2D eigenvalue weighted by Crippen LogP contribution is 2.26. The number of hydrogen-bond donors (Lipinski definition) is 2. The molecule has 2 aromatic carbocycles.